The van der Waals surface area contributed by atoms with Crippen molar-refractivity contribution in [2.24, 2.45) is 5.73 Å². The minimum Gasteiger partial charge on any atom is -0.356 e. The van der Waals surface area contributed by atoms with Gasteiger partial charge in [0.25, 0.3) is 0 Å². The number of hydrogen-bond donors (Lipinski definition) is 3. The Balaban J connectivity index is 1.81. The molecule has 134 valence electrons. The van der Waals surface area contributed by atoms with Gasteiger partial charge < -0.3 is 16.4 Å². The Hall–Kier alpha value is -2.40. The SMILES string of the molecule is CC(=O)NCCCCCC(=O)NC(CN)c1ccc2ccccc2c1. The summed E-state index contributed by atoms with van der Waals surface area (Å²) in [6, 6.07) is 14.1. The number of amides is 2. The van der Waals surface area contributed by atoms with Gasteiger partial charge in [0, 0.05) is 26.4 Å². The molecule has 0 radical (unpaired) electrons. The molecule has 1 atom stereocenters. The second-order valence-electron chi connectivity index (χ2n) is 6.26. The first-order valence-corrected chi connectivity index (χ1v) is 8.82. The molecule has 5 heteroatoms. The van der Waals surface area contributed by atoms with E-state index in [0.29, 0.717) is 19.5 Å². The monoisotopic (exact) mass is 341 g/mol. The second-order valence-corrected chi connectivity index (χ2v) is 6.26. The molecule has 2 amide bonds. The number of hydrogen-bond acceptors (Lipinski definition) is 3. The number of unbranched alkanes of at least 4 members (excludes halogenated alkanes) is 2. The molecule has 0 aliphatic heterocycles. The summed E-state index contributed by atoms with van der Waals surface area (Å²) in [6.07, 6.45) is 3.08. The van der Waals surface area contributed by atoms with Crippen molar-refractivity contribution in [2.45, 2.75) is 38.6 Å². The lowest BCUT2D eigenvalue weighted by molar-refractivity contribution is -0.122. The molecular weight excluding hydrogens is 314 g/mol. The number of nitrogens with two attached hydrogens (primary N) is 1. The zero-order valence-electron chi connectivity index (χ0n) is 14.8. The number of rotatable bonds is 9. The highest BCUT2D eigenvalue weighted by Gasteiger charge is 2.13. The van der Waals surface area contributed by atoms with Crippen molar-refractivity contribution in [1.29, 1.82) is 0 Å². The van der Waals surface area contributed by atoms with Crippen LogP contribution in [0.5, 0.6) is 0 Å². The molecule has 5 nitrogen and oxygen atoms in total. The molecule has 1 unspecified atom stereocenters. The highest BCUT2D eigenvalue weighted by Crippen LogP contribution is 2.20. The molecule has 2 aromatic rings. The first-order chi connectivity index (χ1) is 12.1. The predicted molar refractivity (Wildman–Crippen MR) is 101 cm³/mol. The highest BCUT2D eigenvalue weighted by atomic mass is 16.2. The summed E-state index contributed by atoms with van der Waals surface area (Å²) in [4.78, 5) is 22.9. The molecule has 0 aliphatic carbocycles. The molecule has 2 aromatic carbocycles. The van der Waals surface area contributed by atoms with Gasteiger partial charge in [0.05, 0.1) is 6.04 Å². The molecule has 0 heterocycles. The van der Waals surface area contributed by atoms with Gasteiger partial charge in [-0.25, -0.2) is 0 Å². The van der Waals surface area contributed by atoms with Gasteiger partial charge in [0.1, 0.15) is 0 Å². The van der Waals surface area contributed by atoms with Gasteiger partial charge in [-0.15, -0.1) is 0 Å². The van der Waals surface area contributed by atoms with Gasteiger partial charge in [0.15, 0.2) is 0 Å². The van der Waals surface area contributed by atoms with E-state index in [1.54, 1.807) is 0 Å². The summed E-state index contributed by atoms with van der Waals surface area (Å²) in [5.74, 6) is 0.00190. The van der Waals surface area contributed by atoms with Crippen molar-refractivity contribution in [3.8, 4) is 0 Å². The molecule has 0 bridgehead atoms. The van der Waals surface area contributed by atoms with Gasteiger partial charge in [0.2, 0.25) is 11.8 Å². The first kappa shape index (κ1) is 18.9. The van der Waals surface area contributed by atoms with Crippen molar-refractivity contribution < 1.29 is 9.59 Å². The summed E-state index contributed by atoms with van der Waals surface area (Å²) in [7, 11) is 0. The van der Waals surface area contributed by atoms with Crippen LogP contribution in [0, 0.1) is 0 Å². The fourth-order valence-electron chi connectivity index (χ4n) is 2.82. The van der Waals surface area contributed by atoms with Crippen LogP contribution in [0.1, 0.15) is 44.2 Å². The number of carbonyl (C=O) groups is 2. The van der Waals surface area contributed by atoms with E-state index in [1.165, 1.54) is 12.3 Å². The average molecular weight is 341 g/mol. The van der Waals surface area contributed by atoms with E-state index in [1.807, 2.05) is 18.2 Å². The van der Waals surface area contributed by atoms with Crippen LogP contribution in [0.2, 0.25) is 0 Å². The van der Waals surface area contributed by atoms with Crippen LogP contribution in [0.15, 0.2) is 42.5 Å². The lowest BCUT2D eigenvalue weighted by Gasteiger charge is -2.18. The van der Waals surface area contributed by atoms with Crippen molar-refractivity contribution >= 4 is 22.6 Å². The Morgan fingerprint density at radius 3 is 2.52 bits per heavy atom. The molecule has 0 spiro atoms. The molecule has 4 N–H and O–H groups in total. The van der Waals surface area contributed by atoms with Crippen LogP contribution in [-0.2, 0) is 9.59 Å². The number of benzene rings is 2. The Morgan fingerprint density at radius 2 is 1.80 bits per heavy atom. The Kier molecular flexibility index (Phi) is 7.41. The normalized spacial score (nSPS) is 11.9. The van der Waals surface area contributed by atoms with E-state index in [2.05, 4.69) is 34.9 Å². The molecule has 0 fully saturated rings. The second kappa shape index (κ2) is 9.79. The first-order valence-electron chi connectivity index (χ1n) is 8.82. The molecule has 0 aromatic heterocycles. The lowest BCUT2D eigenvalue weighted by Crippen LogP contribution is -2.33. The Bertz CT molecular complexity index is 715. The molecule has 0 aliphatic rings. The maximum absolute atomic E-state index is 12.2. The van der Waals surface area contributed by atoms with Crippen LogP contribution >= 0.6 is 0 Å². The van der Waals surface area contributed by atoms with E-state index in [9.17, 15) is 9.59 Å². The Morgan fingerprint density at radius 1 is 1.04 bits per heavy atom. The van der Waals surface area contributed by atoms with Crippen LogP contribution in [0.4, 0.5) is 0 Å². The maximum Gasteiger partial charge on any atom is 0.220 e. The van der Waals surface area contributed by atoms with Crippen LogP contribution in [0.25, 0.3) is 10.8 Å². The fourth-order valence-corrected chi connectivity index (χ4v) is 2.82. The van der Waals surface area contributed by atoms with Crippen LogP contribution < -0.4 is 16.4 Å². The predicted octanol–water partition coefficient (Wildman–Crippen LogP) is 2.65. The zero-order valence-corrected chi connectivity index (χ0v) is 14.8. The Labute approximate surface area is 149 Å². The lowest BCUT2D eigenvalue weighted by atomic mass is 10.0. The zero-order chi connectivity index (χ0) is 18.1. The van der Waals surface area contributed by atoms with Gasteiger partial charge in [-0.2, -0.15) is 0 Å². The van der Waals surface area contributed by atoms with Gasteiger partial charge in [-0.1, -0.05) is 42.8 Å². The van der Waals surface area contributed by atoms with E-state index >= 15 is 0 Å². The minimum absolute atomic E-state index is 0.0149. The molecule has 0 saturated heterocycles. The average Bonchev–Trinajstić information content (AvgIpc) is 2.62. The summed E-state index contributed by atoms with van der Waals surface area (Å²) in [5.41, 5.74) is 6.89. The van der Waals surface area contributed by atoms with E-state index in [-0.39, 0.29) is 17.9 Å². The summed E-state index contributed by atoms with van der Waals surface area (Å²) in [6.45, 7) is 2.54. The third kappa shape index (κ3) is 6.19. The smallest absolute Gasteiger partial charge is 0.220 e. The largest absolute Gasteiger partial charge is 0.356 e. The van der Waals surface area contributed by atoms with Crippen molar-refractivity contribution in [1.82, 2.24) is 10.6 Å². The molecular formula is C20H27N3O2. The number of carbonyl (C=O) groups excluding carboxylic acids is 2. The molecule has 25 heavy (non-hydrogen) atoms. The number of fused-ring (bicyclic) bond motifs is 1. The van der Waals surface area contributed by atoms with Crippen molar-refractivity contribution in [3.63, 3.8) is 0 Å². The maximum atomic E-state index is 12.2. The van der Waals surface area contributed by atoms with Crippen LogP contribution in [-0.4, -0.2) is 24.9 Å². The minimum atomic E-state index is -0.170. The van der Waals surface area contributed by atoms with E-state index in [0.717, 1.165) is 30.2 Å². The number of nitrogens with one attached hydrogen (secondary N) is 2. The van der Waals surface area contributed by atoms with Crippen molar-refractivity contribution in [2.75, 3.05) is 13.1 Å². The van der Waals surface area contributed by atoms with Crippen molar-refractivity contribution in [3.05, 3.63) is 48.0 Å². The van der Waals surface area contributed by atoms with Gasteiger partial charge in [-0.05, 0) is 35.2 Å². The van der Waals surface area contributed by atoms with Gasteiger partial charge >= 0.3 is 0 Å². The summed E-state index contributed by atoms with van der Waals surface area (Å²) in [5, 5.41) is 8.10. The molecule has 2 rings (SSSR count). The summed E-state index contributed by atoms with van der Waals surface area (Å²) < 4.78 is 0. The third-order valence-electron chi connectivity index (χ3n) is 4.20. The van der Waals surface area contributed by atoms with E-state index in [4.69, 9.17) is 5.73 Å². The highest BCUT2D eigenvalue weighted by molar-refractivity contribution is 5.83. The topological polar surface area (TPSA) is 84.2 Å². The van der Waals surface area contributed by atoms with E-state index < -0.39 is 0 Å². The van der Waals surface area contributed by atoms with Gasteiger partial charge in [-0.3, -0.25) is 9.59 Å². The molecule has 0 saturated carbocycles. The standard InChI is InChI=1S/C20H27N3O2/c1-15(24)22-12-6-2-3-9-20(25)23-19(14-21)18-11-10-16-7-4-5-8-17(16)13-18/h4-5,7-8,10-11,13,19H,2-3,6,9,12,14,21H2,1H3,(H,22,24)(H,23,25). The fraction of sp³-hybridized carbons (Fsp3) is 0.400. The summed E-state index contributed by atoms with van der Waals surface area (Å²) >= 11 is 0. The quantitative estimate of drug-likeness (QED) is 0.613. The van der Waals surface area contributed by atoms with Crippen LogP contribution in [0.3, 0.4) is 0 Å². The third-order valence-corrected chi connectivity index (χ3v) is 4.20.